The van der Waals surface area contributed by atoms with E-state index in [9.17, 15) is 9.50 Å². The van der Waals surface area contributed by atoms with Gasteiger partial charge in [0, 0.05) is 11.4 Å². The number of halogens is 2. The van der Waals surface area contributed by atoms with E-state index in [0.29, 0.717) is 22.8 Å². The molecule has 0 fully saturated rings. The summed E-state index contributed by atoms with van der Waals surface area (Å²) >= 11 is 5.75. The number of aliphatic hydroxyl groups is 1. The molecule has 0 aliphatic rings. The molecule has 0 aliphatic heterocycles. The molecule has 0 radical (unpaired) electrons. The van der Waals surface area contributed by atoms with E-state index in [0.717, 1.165) is 0 Å². The number of benzene rings is 1. The molecule has 1 aromatic carbocycles. The van der Waals surface area contributed by atoms with Gasteiger partial charge in [-0.2, -0.15) is 0 Å². The molecule has 0 saturated heterocycles. The highest BCUT2D eigenvalue weighted by atomic mass is 35.5. The van der Waals surface area contributed by atoms with Crippen LogP contribution in [0.1, 0.15) is 12.6 Å². The minimum absolute atomic E-state index is 0.299. The lowest BCUT2D eigenvalue weighted by Crippen LogP contribution is -2.04. The maximum atomic E-state index is 13.1. The van der Waals surface area contributed by atoms with Crippen molar-refractivity contribution < 1.29 is 9.50 Å². The van der Waals surface area contributed by atoms with E-state index in [1.807, 2.05) is 0 Å². The fourth-order valence-electron chi connectivity index (χ4n) is 1.49. The first kappa shape index (κ1) is 12.0. The monoisotopic (exact) mass is 255 g/mol. The van der Waals surface area contributed by atoms with Gasteiger partial charge in [-0.15, -0.1) is 5.10 Å². The van der Waals surface area contributed by atoms with E-state index in [1.54, 1.807) is 19.2 Å². The standard InChI is InChI=1S/C11H11ClFN3O/c1-7(17)2-10-6-16(15-14-10)11-4-8(12)3-9(13)5-11/h3-7,17H,2H2,1H3. The molecule has 2 aromatic rings. The Bertz CT molecular complexity index is 507. The first-order valence-corrected chi connectivity index (χ1v) is 5.48. The van der Waals surface area contributed by atoms with Crippen LogP contribution in [0.4, 0.5) is 4.39 Å². The van der Waals surface area contributed by atoms with Crippen LogP contribution < -0.4 is 0 Å². The summed E-state index contributed by atoms with van der Waals surface area (Å²) in [5, 5.41) is 17.2. The number of hydrogen-bond acceptors (Lipinski definition) is 3. The molecular formula is C11H11ClFN3O. The Labute approximate surface area is 103 Å². The Morgan fingerprint density at radius 3 is 2.88 bits per heavy atom. The van der Waals surface area contributed by atoms with Crippen LogP contribution >= 0.6 is 11.6 Å². The second-order valence-corrected chi connectivity index (χ2v) is 4.27. The summed E-state index contributed by atoms with van der Waals surface area (Å²) in [6, 6.07) is 4.12. The molecule has 0 bridgehead atoms. The van der Waals surface area contributed by atoms with Crippen molar-refractivity contribution >= 4 is 11.6 Å². The Balaban J connectivity index is 2.30. The summed E-state index contributed by atoms with van der Waals surface area (Å²) in [6.07, 6.45) is 1.55. The van der Waals surface area contributed by atoms with Crippen LogP contribution in [0.25, 0.3) is 5.69 Å². The molecule has 1 atom stereocenters. The van der Waals surface area contributed by atoms with Gasteiger partial charge in [0.15, 0.2) is 0 Å². The van der Waals surface area contributed by atoms with Crippen LogP contribution in [0, 0.1) is 5.82 Å². The van der Waals surface area contributed by atoms with Gasteiger partial charge in [0.2, 0.25) is 0 Å². The van der Waals surface area contributed by atoms with E-state index in [4.69, 9.17) is 11.6 Å². The first-order valence-electron chi connectivity index (χ1n) is 5.10. The maximum absolute atomic E-state index is 13.1. The number of aromatic nitrogens is 3. The number of hydrogen-bond donors (Lipinski definition) is 1. The minimum atomic E-state index is -0.490. The van der Waals surface area contributed by atoms with Crippen molar-refractivity contribution in [3.05, 3.63) is 40.9 Å². The number of rotatable bonds is 3. The lowest BCUT2D eigenvalue weighted by atomic mass is 10.2. The van der Waals surface area contributed by atoms with Crippen molar-refractivity contribution in [2.75, 3.05) is 0 Å². The molecular weight excluding hydrogens is 245 g/mol. The van der Waals surface area contributed by atoms with Gasteiger partial charge < -0.3 is 5.11 Å². The highest BCUT2D eigenvalue weighted by Crippen LogP contribution is 2.17. The van der Waals surface area contributed by atoms with Crippen molar-refractivity contribution in [2.45, 2.75) is 19.4 Å². The van der Waals surface area contributed by atoms with Gasteiger partial charge in [0.05, 0.1) is 23.7 Å². The van der Waals surface area contributed by atoms with E-state index >= 15 is 0 Å². The van der Waals surface area contributed by atoms with Crippen molar-refractivity contribution in [3.63, 3.8) is 0 Å². The second-order valence-electron chi connectivity index (χ2n) is 3.84. The zero-order valence-electron chi connectivity index (χ0n) is 9.14. The van der Waals surface area contributed by atoms with Crippen LogP contribution in [0.15, 0.2) is 24.4 Å². The van der Waals surface area contributed by atoms with Crippen LogP contribution in [0.5, 0.6) is 0 Å². The smallest absolute Gasteiger partial charge is 0.126 e. The molecule has 1 N–H and O–H groups in total. The van der Waals surface area contributed by atoms with Gasteiger partial charge >= 0.3 is 0 Å². The largest absolute Gasteiger partial charge is 0.393 e. The van der Waals surface area contributed by atoms with Gasteiger partial charge in [-0.25, -0.2) is 9.07 Å². The molecule has 0 saturated carbocycles. The molecule has 1 unspecified atom stereocenters. The van der Waals surface area contributed by atoms with Crippen molar-refractivity contribution in [3.8, 4) is 5.69 Å². The quantitative estimate of drug-likeness (QED) is 0.913. The van der Waals surface area contributed by atoms with Gasteiger partial charge in [-0.3, -0.25) is 0 Å². The van der Waals surface area contributed by atoms with Crippen molar-refractivity contribution in [2.24, 2.45) is 0 Å². The Hall–Kier alpha value is -1.46. The summed E-state index contributed by atoms with van der Waals surface area (Å²) in [5.41, 5.74) is 1.14. The zero-order valence-corrected chi connectivity index (χ0v) is 9.89. The Morgan fingerprint density at radius 2 is 2.24 bits per heavy atom. The van der Waals surface area contributed by atoms with Gasteiger partial charge in [-0.1, -0.05) is 16.8 Å². The summed E-state index contributed by atoms with van der Waals surface area (Å²) < 4.78 is 14.6. The normalized spacial score (nSPS) is 12.7. The Morgan fingerprint density at radius 1 is 1.47 bits per heavy atom. The number of aliphatic hydroxyl groups excluding tert-OH is 1. The highest BCUT2D eigenvalue weighted by Gasteiger charge is 2.07. The minimum Gasteiger partial charge on any atom is -0.393 e. The molecule has 6 heteroatoms. The third kappa shape index (κ3) is 3.01. The predicted molar refractivity (Wildman–Crippen MR) is 61.7 cm³/mol. The SMILES string of the molecule is CC(O)Cc1cn(-c2cc(F)cc(Cl)c2)nn1. The van der Waals surface area contributed by atoms with Gasteiger partial charge in [0.25, 0.3) is 0 Å². The second kappa shape index (κ2) is 4.81. The van der Waals surface area contributed by atoms with E-state index < -0.39 is 11.9 Å². The van der Waals surface area contributed by atoms with E-state index in [-0.39, 0.29) is 0 Å². The zero-order chi connectivity index (χ0) is 12.4. The number of nitrogens with zero attached hydrogens (tertiary/aromatic N) is 3. The molecule has 4 nitrogen and oxygen atoms in total. The van der Waals surface area contributed by atoms with Crippen molar-refractivity contribution in [1.29, 1.82) is 0 Å². The van der Waals surface area contributed by atoms with E-state index in [1.165, 1.54) is 16.8 Å². The highest BCUT2D eigenvalue weighted by molar-refractivity contribution is 6.30. The summed E-state index contributed by atoms with van der Waals surface area (Å²) in [6.45, 7) is 1.66. The molecule has 2 rings (SSSR count). The summed E-state index contributed by atoms with van der Waals surface area (Å²) in [5.74, 6) is -0.430. The fourth-order valence-corrected chi connectivity index (χ4v) is 1.71. The molecule has 17 heavy (non-hydrogen) atoms. The third-order valence-electron chi connectivity index (χ3n) is 2.16. The summed E-state index contributed by atoms with van der Waals surface area (Å²) in [4.78, 5) is 0. The average Bonchev–Trinajstić information content (AvgIpc) is 2.63. The van der Waals surface area contributed by atoms with Gasteiger partial charge in [-0.05, 0) is 25.1 Å². The molecule has 0 spiro atoms. The third-order valence-corrected chi connectivity index (χ3v) is 2.38. The molecule has 0 amide bonds. The fraction of sp³-hybridized carbons (Fsp3) is 0.273. The lowest BCUT2D eigenvalue weighted by Gasteiger charge is -2.01. The van der Waals surface area contributed by atoms with Gasteiger partial charge in [0.1, 0.15) is 5.82 Å². The lowest BCUT2D eigenvalue weighted by molar-refractivity contribution is 0.194. The van der Waals surface area contributed by atoms with Crippen LogP contribution in [0.3, 0.4) is 0 Å². The summed E-state index contributed by atoms with van der Waals surface area (Å²) in [7, 11) is 0. The molecule has 1 heterocycles. The van der Waals surface area contributed by atoms with Crippen LogP contribution in [-0.4, -0.2) is 26.2 Å². The Kier molecular flexibility index (Phi) is 3.40. The van der Waals surface area contributed by atoms with Crippen LogP contribution in [0.2, 0.25) is 5.02 Å². The molecule has 0 aliphatic carbocycles. The van der Waals surface area contributed by atoms with Crippen LogP contribution in [-0.2, 0) is 6.42 Å². The first-order chi connectivity index (χ1) is 8.04. The average molecular weight is 256 g/mol. The molecule has 1 aromatic heterocycles. The maximum Gasteiger partial charge on any atom is 0.126 e. The van der Waals surface area contributed by atoms with E-state index in [2.05, 4.69) is 10.3 Å². The predicted octanol–water partition coefficient (Wildman–Crippen LogP) is 1.98. The topological polar surface area (TPSA) is 50.9 Å². The van der Waals surface area contributed by atoms with Crippen molar-refractivity contribution in [1.82, 2.24) is 15.0 Å². The molecule has 90 valence electrons.